The zero-order valence-corrected chi connectivity index (χ0v) is 18.9. The number of ether oxygens (including phenoxy) is 1. The number of carbonyl (C=O) groups excluding carboxylic acids is 1. The summed E-state index contributed by atoms with van der Waals surface area (Å²) in [5, 5.41) is 3.83. The van der Waals surface area contributed by atoms with Crippen molar-refractivity contribution in [2.24, 2.45) is 0 Å². The Morgan fingerprint density at radius 1 is 1.12 bits per heavy atom. The summed E-state index contributed by atoms with van der Waals surface area (Å²) < 4.78 is 7.19. The van der Waals surface area contributed by atoms with Crippen LogP contribution < -0.4 is 10.1 Å². The maximum absolute atomic E-state index is 12.5. The fourth-order valence-corrected chi connectivity index (χ4v) is 3.83. The molecule has 0 atom stereocenters. The monoisotopic (exact) mass is 449 g/mol. The number of carbonyl (C=O) groups is 1. The Kier molecular flexibility index (Phi) is 6.28. The molecule has 0 spiro atoms. The van der Waals surface area contributed by atoms with E-state index in [-0.39, 0.29) is 5.91 Å². The molecule has 7 nitrogen and oxygen atoms in total. The molecule has 32 heavy (non-hydrogen) atoms. The van der Waals surface area contributed by atoms with Gasteiger partial charge in [0.2, 0.25) is 0 Å². The van der Waals surface area contributed by atoms with E-state index in [9.17, 15) is 4.79 Å². The van der Waals surface area contributed by atoms with Crippen molar-refractivity contribution >= 4 is 34.7 Å². The van der Waals surface area contributed by atoms with Gasteiger partial charge in [-0.05, 0) is 56.3 Å². The normalized spacial score (nSPS) is 10.9. The van der Waals surface area contributed by atoms with Crippen molar-refractivity contribution in [1.29, 1.82) is 0 Å². The first kappa shape index (κ1) is 21.6. The highest BCUT2D eigenvalue weighted by atomic mass is 35.5. The average molecular weight is 450 g/mol. The molecule has 2 aromatic carbocycles. The molecule has 2 heterocycles. The molecule has 0 unspecified atom stereocenters. The third-order valence-electron chi connectivity index (χ3n) is 5.32. The minimum absolute atomic E-state index is 0.0258. The van der Waals surface area contributed by atoms with Crippen molar-refractivity contribution in [2.75, 3.05) is 25.5 Å². The lowest BCUT2D eigenvalue weighted by molar-refractivity contribution is 0.0773. The minimum atomic E-state index is 0.0258. The smallest absolute Gasteiger partial charge is 0.253 e. The van der Waals surface area contributed by atoms with Crippen LogP contribution in [0, 0.1) is 0 Å². The van der Waals surface area contributed by atoms with Crippen LogP contribution >= 0.6 is 11.6 Å². The van der Waals surface area contributed by atoms with Gasteiger partial charge in [-0.1, -0.05) is 11.6 Å². The van der Waals surface area contributed by atoms with E-state index in [1.54, 1.807) is 24.4 Å². The van der Waals surface area contributed by atoms with Gasteiger partial charge in [-0.25, -0.2) is 9.97 Å². The van der Waals surface area contributed by atoms with Crippen LogP contribution in [-0.4, -0.2) is 45.4 Å². The van der Waals surface area contributed by atoms with E-state index in [0.29, 0.717) is 40.9 Å². The molecule has 0 saturated carbocycles. The number of benzene rings is 2. The zero-order chi connectivity index (χ0) is 22.7. The molecule has 4 rings (SSSR count). The molecule has 0 fully saturated rings. The number of nitrogens with zero attached hydrogens (tertiary/aromatic N) is 4. The summed E-state index contributed by atoms with van der Waals surface area (Å²) in [5.74, 6) is 1.26. The second-order valence-corrected chi connectivity index (χ2v) is 7.55. The number of aromatic nitrogens is 3. The van der Waals surface area contributed by atoms with Gasteiger partial charge in [0.1, 0.15) is 5.75 Å². The molecule has 4 aromatic rings. The molecule has 1 amide bonds. The second kappa shape index (κ2) is 9.28. The van der Waals surface area contributed by atoms with Gasteiger partial charge in [-0.3, -0.25) is 9.20 Å². The predicted molar refractivity (Wildman–Crippen MR) is 127 cm³/mol. The molecule has 0 aliphatic rings. The fraction of sp³-hybridized carbons (Fsp3) is 0.208. The van der Waals surface area contributed by atoms with Crippen LogP contribution in [0.25, 0.3) is 16.9 Å². The number of rotatable bonds is 7. The molecular formula is C24H24ClN5O2. The lowest BCUT2D eigenvalue weighted by atomic mass is 10.1. The number of hydrogen-bond acceptors (Lipinski definition) is 5. The van der Waals surface area contributed by atoms with Crippen molar-refractivity contribution in [1.82, 2.24) is 19.3 Å². The minimum Gasteiger partial charge on any atom is -0.495 e. The zero-order valence-electron chi connectivity index (χ0n) is 18.2. The van der Waals surface area contributed by atoms with Crippen molar-refractivity contribution in [3.63, 3.8) is 0 Å². The molecule has 0 bridgehead atoms. The van der Waals surface area contributed by atoms with Gasteiger partial charge in [0.25, 0.3) is 5.91 Å². The number of halogens is 1. The summed E-state index contributed by atoms with van der Waals surface area (Å²) in [4.78, 5) is 23.3. The maximum atomic E-state index is 12.5. The van der Waals surface area contributed by atoms with Crippen LogP contribution in [0.2, 0.25) is 5.02 Å². The number of fused-ring (bicyclic) bond motifs is 1. The Balaban J connectivity index is 1.61. The van der Waals surface area contributed by atoms with Gasteiger partial charge in [0.05, 0.1) is 24.0 Å². The van der Waals surface area contributed by atoms with Crippen molar-refractivity contribution in [3.05, 3.63) is 71.6 Å². The maximum Gasteiger partial charge on any atom is 0.253 e. The Morgan fingerprint density at radius 3 is 2.53 bits per heavy atom. The van der Waals surface area contributed by atoms with Gasteiger partial charge in [-0.15, -0.1) is 0 Å². The lowest BCUT2D eigenvalue weighted by Crippen LogP contribution is -2.30. The van der Waals surface area contributed by atoms with Gasteiger partial charge in [0, 0.05) is 42.3 Å². The first-order valence-corrected chi connectivity index (χ1v) is 10.8. The van der Waals surface area contributed by atoms with Crippen LogP contribution in [-0.2, 0) is 0 Å². The molecule has 164 valence electrons. The molecule has 1 N–H and O–H groups in total. The molecule has 2 aromatic heterocycles. The molecule has 0 aliphatic carbocycles. The third-order valence-corrected chi connectivity index (χ3v) is 5.62. The number of nitrogens with one attached hydrogen (secondary N) is 1. The highest BCUT2D eigenvalue weighted by Crippen LogP contribution is 2.31. The molecule has 0 saturated heterocycles. The first-order chi connectivity index (χ1) is 15.5. The largest absolute Gasteiger partial charge is 0.495 e. The van der Waals surface area contributed by atoms with E-state index in [2.05, 4.69) is 15.3 Å². The summed E-state index contributed by atoms with van der Waals surface area (Å²) in [7, 11) is 1.59. The highest BCUT2D eigenvalue weighted by Gasteiger charge is 2.14. The first-order valence-electron chi connectivity index (χ1n) is 10.4. The third kappa shape index (κ3) is 4.11. The highest BCUT2D eigenvalue weighted by molar-refractivity contribution is 6.32. The quantitative estimate of drug-likeness (QED) is 0.415. The van der Waals surface area contributed by atoms with E-state index < -0.39 is 0 Å². The summed E-state index contributed by atoms with van der Waals surface area (Å²) >= 11 is 6.30. The molecule has 0 radical (unpaired) electrons. The Bertz CT molecular complexity index is 1250. The number of amides is 1. The number of anilines is 2. The Hall–Kier alpha value is -3.58. The van der Waals surface area contributed by atoms with E-state index in [1.165, 1.54) is 0 Å². The number of hydrogen-bond donors (Lipinski definition) is 1. The summed E-state index contributed by atoms with van der Waals surface area (Å²) in [6.45, 7) is 5.32. The Morgan fingerprint density at radius 2 is 1.88 bits per heavy atom. The molecular weight excluding hydrogens is 426 g/mol. The fourth-order valence-electron chi connectivity index (χ4n) is 3.57. The van der Waals surface area contributed by atoms with Crippen molar-refractivity contribution < 1.29 is 9.53 Å². The van der Waals surface area contributed by atoms with Crippen molar-refractivity contribution in [2.45, 2.75) is 13.8 Å². The van der Waals surface area contributed by atoms with E-state index in [0.717, 1.165) is 16.9 Å². The van der Waals surface area contributed by atoms with Crippen LogP contribution in [0.15, 0.2) is 61.1 Å². The van der Waals surface area contributed by atoms with Gasteiger partial charge in [0.15, 0.2) is 11.5 Å². The second-order valence-electron chi connectivity index (χ2n) is 7.14. The lowest BCUT2D eigenvalue weighted by Gasteiger charge is -2.18. The number of methoxy groups -OCH3 is 1. The van der Waals surface area contributed by atoms with Crippen LogP contribution in [0.3, 0.4) is 0 Å². The predicted octanol–water partition coefficient (Wildman–Crippen LogP) is 5.28. The topological polar surface area (TPSA) is 71.8 Å². The standard InChI is InChI=1S/C24H24ClN5O2/c1-4-29(5-2)24(31)16-6-9-18(10-7-16)28-22-23-27-15-20(30(23)13-12-26-22)17-8-11-21(32-3)19(25)14-17/h6-15H,4-5H2,1-3H3,(H,26,28). The summed E-state index contributed by atoms with van der Waals surface area (Å²) in [6.07, 6.45) is 5.35. The molecule has 8 heteroatoms. The molecule has 0 aliphatic heterocycles. The van der Waals surface area contributed by atoms with Crippen molar-refractivity contribution in [3.8, 4) is 17.0 Å². The summed E-state index contributed by atoms with van der Waals surface area (Å²) in [5.41, 5.74) is 3.95. The van der Waals surface area contributed by atoms with E-state index in [1.807, 2.05) is 66.9 Å². The van der Waals surface area contributed by atoms with Gasteiger partial charge >= 0.3 is 0 Å². The van der Waals surface area contributed by atoms with E-state index in [4.69, 9.17) is 16.3 Å². The Labute approximate surface area is 191 Å². The SMILES string of the molecule is CCN(CC)C(=O)c1ccc(Nc2nccn3c(-c4ccc(OC)c(Cl)c4)cnc23)cc1. The van der Waals surface area contributed by atoms with E-state index >= 15 is 0 Å². The van der Waals surface area contributed by atoms with Gasteiger partial charge in [-0.2, -0.15) is 0 Å². The van der Waals surface area contributed by atoms with Crippen LogP contribution in [0.1, 0.15) is 24.2 Å². The number of imidazole rings is 1. The average Bonchev–Trinajstić information content (AvgIpc) is 3.25. The van der Waals surface area contributed by atoms with Gasteiger partial charge < -0.3 is 15.0 Å². The summed E-state index contributed by atoms with van der Waals surface area (Å²) in [6, 6.07) is 13.0. The van der Waals surface area contributed by atoms with Crippen LogP contribution in [0.4, 0.5) is 11.5 Å². The van der Waals surface area contributed by atoms with Crippen LogP contribution in [0.5, 0.6) is 5.75 Å².